The molecule has 2 aromatic rings. The van der Waals surface area contributed by atoms with Gasteiger partial charge in [-0.05, 0) is 44.1 Å². The first kappa shape index (κ1) is 10.1. The highest BCUT2D eigenvalue weighted by Gasteiger charge is 2.05. The van der Waals surface area contributed by atoms with Crippen molar-refractivity contribution < 1.29 is 9.52 Å². The van der Waals surface area contributed by atoms with Crippen molar-refractivity contribution in [1.29, 1.82) is 0 Å². The normalized spacial score (nSPS) is 11.0. The number of phenols is 1. The van der Waals surface area contributed by atoms with Crippen LogP contribution in [0.5, 0.6) is 5.75 Å². The highest BCUT2D eigenvalue weighted by molar-refractivity contribution is 5.82. The van der Waals surface area contributed by atoms with Gasteiger partial charge in [0.15, 0.2) is 0 Å². The quantitative estimate of drug-likeness (QED) is 0.753. The molecule has 0 unspecified atom stereocenters. The largest absolute Gasteiger partial charge is 0.508 e. The molecule has 0 saturated heterocycles. The molecule has 1 aromatic heterocycles. The van der Waals surface area contributed by atoms with Crippen molar-refractivity contribution in [2.75, 3.05) is 13.6 Å². The molecule has 0 aliphatic heterocycles. The predicted molar refractivity (Wildman–Crippen MR) is 60.1 cm³/mol. The van der Waals surface area contributed by atoms with Crippen molar-refractivity contribution in [3.63, 3.8) is 0 Å². The van der Waals surface area contributed by atoms with Gasteiger partial charge in [-0.2, -0.15) is 0 Å². The van der Waals surface area contributed by atoms with E-state index >= 15 is 0 Å². The van der Waals surface area contributed by atoms with Crippen LogP contribution < -0.4 is 5.32 Å². The Hall–Kier alpha value is -1.48. The zero-order chi connectivity index (χ0) is 10.7. The van der Waals surface area contributed by atoms with Gasteiger partial charge in [-0.15, -0.1) is 0 Å². The van der Waals surface area contributed by atoms with E-state index in [0.717, 1.165) is 30.4 Å². The van der Waals surface area contributed by atoms with E-state index < -0.39 is 0 Å². The Morgan fingerprint density at radius 3 is 3.07 bits per heavy atom. The lowest BCUT2D eigenvalue weighted by Crippen LogP contribution is -2.08. The van der Waals surface area contributed by atoms with E-state index in [4.69, 9.17) is 4.42 Å². The van der Waals surface area contributed by atoms with Crippen molar-refractivity contribution in [2.24, 2.45) is 0 Å². The van der Waals surface area contributed by atoms with Crippen LogP contribution in [0.2, 0.25) is 0 Å². The van der Waals surface area contributed by atoms with E-state index in [1.165, 1.54) is 5.56 Å². The van der Waals surface area contributed by atoms with E-state index in [2.05, 4.69) is 5.32 Å². The first-order valence-corrected chi connectivity index (χ1v) is 5.15. The summed E-state index contributed by atoms with van der Waals surface area (Å²) in [6.07, 6.45) is 3.87. The van der Waals surface area contributed by atoms with Gasteiger partial charge in [0.25, 0.3) is 0 Å². The Labute approximate surface area is 88.7 Å². The first-order chi connectivity index (χ1) is 7.31. The molecule has 3 nitrogen and oxygen atoms in total. The molecule has 0 aliphatic rings. The molecule has 1 heterocycles. The van der Waals surface area contributed by atoms with E-state index in [1.807, 2.05) is 13.1 Å². The maximum Gasteiger partial charge on any atom is 0.137 e. The average molecular weight is 205 g/mol. The molecule has 2 rings (SSSR count). The summed E-state index contributed by atoms with van der Waals surface area (Å²) in [5.74, 6) is 0.249. The highest BCUT2D eigenvalue weighted by Crippen LogP contribution is 2.25. The van der Waals surface area contributed by atoms with Gasteiger partial charge in [-0.1, -0.05) is 0 Å². The summed E-state index contributed by atoms with van der Waals surface area (Å²) in [6.45, 7) is 1.00. The lowest BCUT2D eigenvalue weighted by atomic mass is 10.1. The molecule has 0 atom stereocenters. The summed E-state index contributed by atoms with van der Waals surface area (Å²) < 4.78 is 5.38. The molecule has 0 bridgehead atoms. The SMILES string of the molecule is CNCCCc1coc2cc(O)ccc12. The maximum absolute atomic E-state index is 9.28. The van der Waals surface area contributed by atoms with Gasteiger partial charge in [0.2, 0.25) is 0 Å². The molecule has 0 saturated carbocycles. The summed E-state index contributed by atoms with van der Waals surface area (Å²) >= 11 is 0. The molecule has 1 aromatic carbocycles. The van der Waals surface area contributed by atoms with E-state index in [9.17, 15) is 5.11 Å². The first-order valence-electron chi connectivity index (χ1n) is 5.15. The summed E-state index contributed by atoms with van der Waals surface area (Å²) in [5, 5.41) is 13.5. The van der Waals surface area contributed by atoms with Gasteiger partial charge < -0.3 is 14.8 Å². The van der Waals surface area contributed by atoms with Gasteiger partial charge >= 0.3 is 0 Å². The monoisotopic (exact) mass is 205 g/mol. The minimum atomic E-state index is 0.249. The van der Waals surface area contributed by atoms with Crippen LogP contribution in [0.4, 0.5) is 0 Å². The van der Waals surface area contributed by atoms with Crippen molar-refractivity contribution in [3.8, 4) is 5.75 Å². The van der Waals surface area contributed by atoms with Crippen molar-refractivity contribution in [1.82, 2.24) is 5.32 Å². The summed E-state index contributed by atoms with van der Waals surface area (Å²) in [5.41, 5.74) is 1.97. The molecule has 3 heteroatoms. The number of hydrogen-bond donors (Lipinski definition) is 2. The molecule has 0 radical (unpaired) electrons. The van der Waals surface area contributed by atoms with E-state index in [-0.39, 0.29) is 5.75 Å². The van der Waals surface area contributed by atoms with Crippen LogP contribution >= 0.6 is 0 Å². The number of hydrogen-bond acceptors (Lipinski definition) is 3. The molecule has 0 fully saturated rings. The summed E-state index contributed by atoms with van der Waals surface area (Å²) in [7, 11) is 1.95. The van der Waals surface area contributed by atoms with Crippen LogP contribution in [0.15, 0.2) is 28.9 Å². The topological polar surface area (TPSA) is 45.4 Å². The second-order valence-electron chi connectivity index (χ2n) is 3.65. The fraction of sp³-hybridized carbons (Fsp3) is 0.333. The third-order valence-electron chi connectivity index (χ3n) is 2.51. The maximum atomic E-state index is 9.28. The number of phenolic OH excluding ortho intramolecular Hbond substituents is 1. The van der Waals surface area contributed by atoms with Crippen LogP contribution in [-0.4, -0.2) is 18.7 Å². The Morgan fingerprint density at radius 1 is 1.40 bits per heavy atom. The Morgan fingerprint density at radius 2 is 2.27 bits per heavy atom. The van der Waals surface area contributed by atoms with Gasteiger partial charge in [0.1, 0.15) is 11.3 Å². The Kier molecular flexibility index (Phi) is 2.92. The van der Waals surface area contributed by atoms with Gasteiger partial charge in [-0.3, -0.25) is 0 Å². The summed E-state index contributed by atoms with van der Waals surface area (Å²) in [4.78, 5) is 0. The zero-order valence-electron chi connectivity index (χ0n) is 8.79. The van der Waals surface area contributed by atoms with Crippen LogP contribution in [-0.2, 0) is 6.42 Å². The van der Waals surface area contributed by atoms with Gasteiger partial charge in [0.05, 0.1) is 6.26 Å². The van der Waals surface area contributed by atoms with Crippen LogP contribution in [0, 0.1) is 0 Å². The number of furan rings is 1. The van der Waals surface area contributed by atoms with Crippen LogP contribution in [0.3, 0.4) is 0 Å². The van der Waals surface area contributed by atoms with E-state index in [0.29, 0.717) is 0 Å². The molecular formula is C12H15NO2. The third-order valence-corrected chi connectivity index (χ3v) is 2.51. The number of rotatable bonds is 4. The minimum absolute atomic E-state index is 0.249. The lowest BCUT2D eigenvalue weighted by Gasteiger charge is -1.98. The van der Waals surface area contributed by atoms with Gasteiger partial charge in [0, 0.05) is 11.5 Å². The number of fused-ring (bicyclic) bond motifs is 1. The fourth-order valence-electron chi connectivity index (χ4n) is 1.72. The molecular weight excluding hydrogens is 190 g/mol. The molecule has 0 aliphatic carbocycles. The zero-order valence-corrected chi connectivity index (χ0v) is 8.79. The average Bonchev–Trinajstić information content (AvgIpc) is 2.61. The standard InChI is InChI=1S/C12H15NO2/c1-13-6-2-3-9-8-15-12-7-10(14)4-5-11(9)12/h4-5,7-8,13-14H,2-3,6H2,1H3. The molecule has 0 spiro atoms. The number of aromatic hydroxyl groups is 1. The molecule has 80 valence electrons. The van der Waals surface area contributed by atoms with Crippen molar-refractivity contribution >= 4 is 11.0 Å². The fourth-order valence-corrected chi connectivity index (χ4v) is 1.72. The van der Waals surface area contributed by atoms with Gasteiger partial charge in [-0.25, -0.2) is 0 Å². The smallest absolute Gasteiger partial charge is 0.137 e. The molecule has 2 N–H and O–H groups in total. The van der Waals surface area contributed by atoms with Crippen molar-refractivity contribution in [2.45, 2.75) is 12.8 Å². The third kappa shape index (κ3) is 2.13. The number of aryl methyl sites for hydroxylation is 1. The summed E-state index contributed by atoms with van der Waals surface area (Å²) in [6, 6.07) is 5.25. The van der Waals surface area contributed by atoms with Crippen LogP contribution in [0.1, 0.15) is 12.0 Å². The van der Waals surface area contributed by atoms with Crippen LogP contribution in [0.25, 0.3) is 11.0 Å². The molecule has 0 amide bonds. The second-order valence-corrected chi connectivity index (χ2v) is 3.65. The lowest BCUT2D eigenvalue weighted by molar-refractivity contribution is 0.474. The number of nitrogens with one attached hydrogen (secondary N) is 1. The highest BCUT2D eigenvalue weighted by atomic mass is 16.3. The minimum Gasteiger partial charge on any atom is -0.508 e. The molecule has 15 heavy (non-hydrogen) atoms. The van der Waals surface area contributed by atoms with Crippen molar-refractivity contribution in [3.05, 3.63) is 30.0 Å². The van der Waals surface area contributed by atoms with E-state index in [1.54, 1.807) is 18.4 Å². The number of benzene rings is 1. The Balaban J connectivity index is 2.21. The second kappa shape index (κ2) is 4.36. The Bertz CT molecular complexity index is 448. The predicted octanol–water partition coefficient (Wildman–Crippen LogP) is 2.29.